The Kier molecular flexibility index (Phi) is 16.8. The maximum Gasteiger partial charge on any atom is 0.312 e. The van der Waals surface area contributed by atoms with Gasteiger partial charge in [0.05, 0.1) is 26.2 Å². The van der Waals surface area contributed by atoms with E-state index >= 15 is 0 Å². The van der Waals surface area contributed by atoms with Crippen LogP contribution in [0, 0.1) is 11.3 Å². The number of ether oxygens (including phenoxy) is 3. The zero-order chi connectivity index (χ0) is 39.2. The lowest BCUT2D eigenvalue weighted by Gasteiger charge is -2.45. The first-order valence-electron chi connectivity index (χ1n) is 19.4. The third-order valence-corrected chi connectivity index (χ3v) is 20.8. The molecule has 0 amide bonds. The summed E-state index contributed by atoms with van der Waals surface area (Å²) in [5.74, 6) is 0.435. The molecule has 0 bridgehead atoms. The molecule has 53 heavy (non-hydrogen) atoms. The molecule has 0 spiro atoms. The summed E-state index contributed by atoms with van der Waals surface area (Å²) in [7, 11) is -1.64. The molecular formula is C45H68O6Si2. The topological polar surface area (TPSA) is 63.2 Å². The summed E-state index contributed by atoms with van der Waals surface area (Å²) in [6.45, 7) is 22.4. The fourth-order valence-corrected chi connectivity index (χ4v) is 12.8. The van der Waals surface area contributed by atoms with Gasteiger partial charge in [0.15, 0.2) is 8.32 Å². The molecule has 6 nitrogen and oxygen atoms in total. The monoisotopic (exact) mass is 760 g/mol. The molecule has 0 aliphatic carbocycles. The number of esters is 1. The summed E-state index contributed by atoms with van der Waals surface area (Å²) in [6, 6.07) is 29.4. The van der Waals surface area contributed by atoms with E-state index in [4.69, 9.17) is 23.1 Å². The molecule has 3 aromatic carbocycles. The number of hydrogen-bond donors (Lipinski definition) is 0. The van der Waals surface area contributed by atoms with Crippen LogP contribution >= 0.6 is 0 Å². The molecule has 0 heterocycles. The van der Waals surface area contributed by atoms with Gasteiger partial charge in [-0.25, -0.2) is 0 Å². The average Bonchev–Trinajstić information content (AvgIpc) is 3.13. The highest BCUT2D eigenvalue weighted by atomic mass is 28.4. The van der Waals surface area contributed by atoms with Crippen molar-refractivity contribution >= 4 is 33.0 Å². The van der Waals surface area contributed by atoms with E-state index in [2.05, 4.69) is 127 Å². The Morgan fingerprint density at radius 1 is 0.717 bits per heavy atom. The van der Waals surface area contributed by atoms with Crippen molar-refractivity contribution in [2.75, 3.05) is 34.0 Å². The van der Waals surface area contributed by atoms with E-state index in [-0.39, 0.29) is 22.0 Å². The van der Waals surface area contributed by atoms with Gasteiger partial charge in [-0.3, -0.25) is 4.79 Å². The second-order valence-electron chi connectivity index (χ2n) is 16.8. The Morgan fingerprint density at radius 3 is 1.77 bits per heavy atom. The van der Waals surface area contributed by atoms with E-state index in [0.29, 0.717) is 39.3 Å². The predicted molar refractivity (Wildman–Crippen MR) is 225 cm³/mol. The lowest BCUT2D eigenvalue weighted by molar-refractivity contribution is -0.158. The normalized spacial score (nSPS) is 14.5. The van der Waals surface area contributed by atoms with E-state index in [0.717, 1.165) is 30.6 Å². The van der Waals surface area contributed by atoms with Crippen LogP contribution in [0.15, 0.2) is 97.1 Å². The summed E-state index contributed by atoms with van der Waals surface area (Å²) >= 11 is 0. The third-order valence-electron chi connectivity index (χ3n) is 11.2. The van der Waals surface area contributed by atoms with Crippen molar-refractivity contribution in [2.24, 2.45) is 11.3 Å². The Hall–Kier alpha value is -3.02. The number of hydrogen-bond acceptors (Lipinski definition) is 6. The first kappa shape index (κ1) is 44.4. The summed E-state index contributed by atoms with van der Waals surface area (Å²) in [4.78, 5) is 14.3. The van der Waals surface area contributed by atoms with E-state index < -0.39 is 22.0 Å². The minimum absolute atomic E-state index is 0.107. The summed E-state index contributed by atoms with van der Waals surface area (Å²) in [5, 5.41) is 2.36. The molecule has 8 heteroatoms. The lowest BCUT2D eigenvalue weighted by atomic mass is 9.68. The van der Waals surface area contributed by atoms with Crippen LogP contribution in [0.25, 0.3) is 0 Å². The van der Waals surface area contributed by atoms with Gasteiger partial charge >= 0.3 is 5.97 Å². The molecule has 3 rings (SSSR count). The quantitative estimate of drug-likeness (QED) is 0.0466. The van der Waals surface area contributed by atoms with E-state index in [1.807, 2.05) is 31.2 Å². The molecule has 0 saturated carbocycles. The number of rotatable bonds is 21. The molecule has 0 unspecified atom stereocenters. The van der Waals surface area contributed by atoms with Gasteiger partial charge in [0.2, 0.25) is 0 Å². The van der Waals surface area contributed by atoms with Crippen LogP contribution in [0.3, 0.4) is 0 Å². The SMILES string of the molecule is C/C=C/[C@H](CO[Si](c1ccccc1)(c1ccccc1)C(C)(C)C)[C@@](CCCCOCc1ccc(OC)cc1)(CCCO[Si](C)(C)C(C)(C)C)C(=O)OC. The van der Waals surface area contributed by atoms with Crippen LogP contribution in [-0.2, 0) is 29.7 Å². The molecular weight excluding hydrogens is 693 g/mol. The van der Waals surface area contributed by atoms with Crippen molar-refractivity contribution < 1.29 is 27.9 Å². The number of carbonyl (C=O) groups excluding carboxylic acids is 1. The first-order valence-corrected chi connectivity index (χ1v) is 24.2. The molecule has 0 N–H and O–H groups in total. The number of allylic oxidation sites excluding steroid dienone is 1. The molecule has 2 atom stereocenters. The largest absolute Gasteiger partial charge is 0.497 e. The molecule has 0 aliphatic heterocycles. The highest BCUT2D eigenvalue weighted by Crippen LogP contribution is 2.44. The van der Waals surface area contributed by atoms with Crippen molar-refractivity contribution in [3.05, 3.63) is 103 Å². The lowest BCUT2D eigenvalue weighted by Crippen LogP contribution is -2.67. The van der Waals surface area contributed by atoms with Crippen LogP contribution in [0.1, 0.15) is 86.1 Å². The van der Waals surface area contributed by atoms with Gasteiger partial charge in [0.1, 0.15) is 5.75 Å². The van der Waals surface area contributed by atoms with Gasteiger partial charge in [-0.1, -0.05) is 126 Å². The Morgan fingerprint density at radius 2 is 1.28 bits per heavy atom. The Balaban J connectivity index is 1.96. The number of benzene rings is 3. The fourth-order valence-electron chi connectivity index (χ4n) is 7.15. The van der Waals surface area contributed by atoms with Gasteiger partial charge in [-0.15, -0.1) is 0 Å². The second-order valence-corrected chi connectivity index (χ2v) is 25.9. The standard InChI is InChI=1S/C45H68O6Si2/c1-12-22-38(36-51-53(44(5,6)7,40-23-15-13-16-24-40)41-25-17-14-18-26-41)45(42(46)48-9,32-21-34-50-52(10,11)43(2,3)4)31-19-20-33-49-35-37-27-29-39(47-8)30-28-37/h12-18,22-30,38H,19-21,31-36H2,1-11H3/b22-12+/t38-,45-/m1/s1. The molecule has 0 aromatic heterocycles. The van der Waals surface area contributed by atoms with E-state index in [1.54, 1.807) is 7.11 Å². The summed E-state index contributed by atoms with van der Waals surface area (Å²) in [5.41, 5.74) is 0.296. The van der Waals surface area contributed by atoms with Crippen LogP contribution in [0.2, 0.25) is 23.2 Å². The minimum Gasteiger partial charge on any atom is -0.497 e. The zero-order valence-corrected chi connectivity index (χ0v) is 36.6. The molecule has 0 radical (unpaired) electrons. The van der Waals surface area contributed by atoms with Crippen molar-refractivity contribution in [2.45, 2.75) is 110 Å². The van der Waals surface area contributed by atoms with Crippen molar-refractivity contribution in [3.8, 4) is 5.75 Å². The van der Waals surface area contributed by atoms with Gasteiger partial charge in [0.25, 0.3) is 8.32 Å². The fraction of sp³-hybridized carbons (Fsp3) is 0.533. The van der Waals surface area contributed by atoms with E-state index in [1.165, 1.54) is 17.5 Å². The van der Waals surface area contributed by atoms with Gasteiger partial charge < -0.3 is 23.1 Å². The Bertz CT molecular complexity index is 1490. The zero-order valence-electron chi connectivity index (χ0n) is 34.6. The molecule has 0 saturated heterocycles. The smallest absolute Gasteiger partial charge is 0.312 e. The van der Waals surface area contributed by atoms with Crippen molar-refractivity contribution in [1.82, 2.24) is 0 Å². The predicted octanol–water partition coefficient (Wildman–Crippen LogP) is 10.1. The number of unbranched alkanes of at least 4 members (excludes halogenated alkanes) is 1. The van der Waals surface area contributed by atoms with Crippen molar-refractivity contribution in [1.29, 1.82) is 0 Å². The van der Waals surface area contributed by atoms with Crippen LogP contribution in [-0.4, -0.2) is 56.6 Å². The van der Waals surface area contributed by atoms with Crippen molar-refractivity contribution in [3.63, 3.8) is 0 Å². The second kappa shape index (κ2) is 20.1. The maximum atomic E-state index is 14.3. The molecule has 0 aliphatic rings. The number of methoxy groups -OCH3 is 2. The first-order chi connectivity index (χ1) is 25.1. The van der Waals surface area contributed by atoms with Gasteiger partial charge in [-0.05, 0) is 90.3 Å². The van der Waals surface area contributed by atoms with Crippen LogP contribution in [0.5, 0.6) is 5.75 Å². The van der Waals surface area contributed by atoms with Gasteiger partial charge in [0, 0.05) is 25.7 Å². The molecule has 0 fully saturated rings. The molecule has 3 aromatic rings. The molecule has 292 valence electrons. The Labute approximate surface area is 323 Å². The van der Waals surface area contributed by atoms with Gasteiger partial charge in [-0.2, -0.15) is 0 Å². The maximum absolute atomic E-state index is 14.3. The van der Waals surface area contributed by atoms with Crippen LogP contribution < -0.4 is 15.1 Å². The number of carbonyl (C=O) groups is 1. The summed E-state index contributed by atoms with van der Waals surface area (Å²) < 4.78 is 31.3. The van der Waals surface area contributed by atoms with E-state index in [9.17, 15) is 4.79 Å². The summed E-state index contributed by atoms with van der Waals surface area (Å²) in [6.07, 6.45) is 7.94. The van der Waals surface area contributed by atoms with Crippen LogP contribution in [0.4, 0.5) is 0 Å². The average molecular weight is 761 g/mol. The highest BCUT2D eigenvalue weighted by molar-refractivity contribution is 6.99. The third kappa shape index (κ3) is 11.5. The minimum atomic E-state index is -2.87. The highest BCUT2D eigenvalue weighted by Gasteiger charge is 2.52.